The van der Waals surface area contributed by atoms with Crippen molar-refractivity contribution < 1.29 is 4.74 Å². The molecule has 0 aliphatic heterocycles. The fourth-order valence-corrected chi connectivity index (χ4v) is 3.31. The van der Waals surface area contributed by atoms with Crippen molar-refractivity contribution in [2.24, 2.45) is 0 Å². The summed E-state index contributed by atoms with van der Waals surface area (Å²) in [5.41, 5.74) is 1.19. The minimum Gasteiger partial charge on any atom is -0.497 e. The zero-order valence-electron chi connectivity index (χ0n) is 9.82. The van der Waals surface area contributed by atoms with Crippen molar-refractivity contribution in [3.05, 3.63) is 57.5 Å². The van der Waals surface area contributed by atoms with E-state index in [2.05, 4.69) is 15.9 Å². The number of thioether (sulfide) groups is 1. The second-order valence-electron chi connectivity index (χ2n) is 3.68. The predicted octanol–water partition coefficient (Wildman–Crippen LogP) is 5.40. The van der Waals surface area contributed by atoms with E-state index in [9.17, 15) is 0 Å². The molecular weight excluding hydrogens is 332 g/mol. The van der Waals surface area contributed by atoms with Gasteiger partial charge in [0.25, 0.3) is 0 Å². The van der Waals surface area contributed by atoms with Crippen molar-refractivity contribution >= 4 is 39.3 Å². The van der Waals surface area contributed by atoms with Gasteiger partial charge in [-0.1, -0.05) is 39.7 Å². The first-order chi connectivity index (χ1) is 8.70. The summed E-state index contributed by atoms with van der Waals surface area (Å²) in [7, 11) is 1.67. The quantitative estimate of drug-likeness (QED) is 0.687. The summed E-state index contributed by atoms with van der Waals surface area (Å²) in [6.45, 7) is 0. The van der Waals surface area contributed by atoms with Crippen molar-refractivity contribution in [1.82, 2.24) is 0 Å². The number of hydrogen-bond acceptors (Lipinski definition) is 2. The van der Waals surface area contributed by atoms with Gasteiger partial charge in [-0.05, 0) is 35.9 Å². The largest absolute Gasteiger partial charge is 0.497 e. The van der Waals surface area contributed by atoms with E-state index in [0.717, 1.165) is 25.9 Å². The van der Waals surface area contributed by atoms with E-state index >= 15 is 0 Å². The van der Waals surface area contributed by atoms with Gasteiger partial charge in [-0.15, -0.1) is 11.8 Å². The zero-order valence-corrected chi connectivity index (χ0v) is 13.0. The molecule has 0 spiro atoms. The van der Waals surface area contributed by atoms with E-state index in [1.54, 1.807) is 18.9 Å². The van der Waals surface area contributed by atoms with Gasteiger partial charge in [0.1, 0.15) is 5.75 Å². The van der Waals surface area contributed by atoms with E-state index in [1.165, 1.54) is 5.56 Å². The van der Waals surface area contributed by atoms with Gasteiger partial charge in [0.05, 0.1) is 12.1 Å². The molecular formula is C14H12BrClOS. The lowest BCUT2D eigenvalue weighted by Crippen LogP contribution is -1.87. The van der Waals surface area contributed by atoms with Gasteiger partial charge in [-0.3, -0.25) is 0 Å². The van der Waals surface area contributed by atoms with Crippen molar-refractivity contribution in [2.45, 2.75) is 10.6 Å². The van der Waals surface area contributed by atoms with Crippen LogP contribution in [0.4, 0.5) is 0 Å². The lowest BCUT2D eigenvalue weighted by atomic mass is 10.2. The molecule has 2 rings (SSSR count). The second-order valence-corrected chi connectivity index (χ2v) is 5.96. The highest BCUT2D eigenvalue weighted by molar-refractivity contribution is 9.10. The first-order valence-corrected chi connectivity index (χ1v) is 7.56. The predicted molar refractivity (Wildman–Crippen MR) is 81.7 cm³/mol. The lowest BCUT2D eigenvalue weighted by Gasteiger charge is -2.08. The Labute approximate surface area is 125 Å². The van der Waals surface area contributed by atoms with Crippen LogP contribution in [0.15, 0.2) is 51.8 Å². The molecule has 0 fully saturated rings. The Morgan fingerprint density at radius 3 is 2.72 bits per heavy atom. The van der Waals surface area contributed by atoms with Gasteiger partial charge in [0, 0.05) is 15.1 Å². The molecule has 4 heteroatoms. The average Bonchev–Trinajstić information content (AvgIpc) is 2.39. The molecule has 0 saturated carbocycles. The molecule has 0 aliphatic rings. The second kappa shape index (κ2) is 6.50. The van der Waals surface area contributed by atoms with Gasteiger partial charge >= 0.3 is 0 Å². The molecule has 18 heavy (non-hydrogen) atoms. The van der Waals surface area contributed by atoms with E-state index in [4.69, 9.17) is 16.3 Å². The summed E-state index contributed by atoms with van der Waals surface area (Å²) < 4.78 is 6.32. The number of rotatable bonds is 4. The molecule has 2 aromatic rings. The van der Waals surface area contributed by atoms with Crippen LogP contribution in [-0.4, -0.2) is 7.11 Å². The van der Waals surface area contributed by atoms with Crippen LogP contribution in [0.3, 0.4) is 0 Å². The molecule has 1 nitrogen and oxygen atoms in total. The van der Waals surface area contributed by atoms with E-state index in [0.29, 0.717) is 0 Å². The highest BCUT2D eigenvalue weighted by Crippen LogP contribution is 2.32. The van der Waals surface area contributed by atoms with Gasteiger partial charge < -0.3 is 4.74 Å². The minimum absolute atomic E-state index is 0.793. The SMILES string of the molecule is COc1ccc(Br)c(CSc2ccccc2Cl)c1. The van der Waals surface area contributed by atoms with Gasteiger partial charge in [0.2, 0.25) is 0 Å². The summed E-state index contributed by atoms with van der Waals surface area (Å²) >= 11 is 11.4. The molecule has 0 bridgehead atoms. The van der Waals surface area contributed by atoms with Crippen molar-refractivity contribution in [3.8, 4) is 5.75 Å². The van der Waals surface area contributed by atoms with Gasteiger partial charge in [-0.2, -0.15) is 0 Å². The third-order valence-corrected chi connectivity index (χ3v) is 4.81. The molecule has 0 radical (unpaired) electrons. The van der Waals surface area contributed by atoms with Crippen molar-refractivity contribution in [3.63, 3.8) is 0 Å². The summed E-state index contributed by atoms with van der Waals surface area (Å²) in [6.07, 6.45) is 0. The topological polar surface area (TPSA) is 9.23 Å². The molecule has 0 unspecified atom stereocenters. The van der Waals surface area contributed by atoms with Gasteiger partial charge in [-0.25, -0.2) is 0 Å². The number of halogens is 2. The Bertz CT molecular complexity index is 545. The molecule has 94 valence electrons. The maximum Gasteiger partial charge on any atom is 0.119 e. The highest BCUT2D eigenvalue weighted by atomic mass is 79.9. The average molecular weight is 344 g/mol. The molecule has 0 saturated heterocycles. The first-order valence-electron chi connectivity index (χ1n) is 5.40. The molecule has 0 aliphatic carbocycles. The fourth-order valence-electron chi connectivity index (χ4n) is 1.51. The smallest absolute Gasteiger partial charge is 0.119 e. The number of hydrogen-bond donors (Lipinski definition) is 0. The number of benzene rings is 2. The summed E-state index contributed by atoms with van der Waals surface area (Å²) in [6, 6.07) is 13.8. The molecule has 0 amide bonds. The molecule has 0 heterocycles. The van der Waals surface area contributed by atoms with Crippen LogP contribution in [0.1, 0.15) is 5.56 Å². The Balaban J connectivity index is 2.13. The van der Waals surface area contributed by atoms with Crippen LogP contribution in [-0.2, 0) is 5.75 Å². The Hall–Kier alpha value is -0.640. The lowest BCUT2D eigenvalue weighted by molar-refractivity contribution is 0.414. The summed E-state index contributed by atoms with van der Waals surface area (Å²) in [4.78, 5) is 1.09. The molecule has 2 aromatic carbocycles. The number of methoxy groups -OCH3 is 1. The van der Waals surface area contributed by atoms with Gasteiger partial charge in [0.15, 0.2) is 0 Å². The maximum atomic E-state index is 6.13. The monoisotopic (exact) mass is 342 g/mol. The third-order valence-electron chi connectivity index (χ3n) is 2.47. The Kier molecular flexibility index (Phi) is 4.98. The standard InChI is InChI=1S/C14H12BrClOS/c1-17-11-6-7-12(15)10(8-11)9-18-14-5-3-2-4-13(14)16/h2-8H,9H2,1H3. The molecule has 0 N–H and O–H groups in total. The van der Waals surface area contributed by atoms with Crippen LogP contribution in [0.5, 0.6) is 5.75 Å². The third kappa shape index (κ3) is 3.44. The van der Waals surface area contributed by atoms with E-state index in [-0.39, 0.29) is 0 Å². The fraction of sp³-hybridized carbons (Fsp3) is 0.143. The van der Waals surface area contributed by atoms with Crippen LogP contribution in [0.25, 0.3) is 0 Å². The summed E-state index contributed by atoms with van der Waals surface area (Å²) in [5.74, 6) is 1.72. The van der Waals surface area contributed by atoms with Crippen LogP contribution >= 0.6 is 39.3 Å². The van der Waals surface area contributed by atoms with Crippen LogP contribution in [0.2, 0.25) is 5.02 Å². The normalized spacial score (nSPS) is 10.4. The Morgan fingerprint density at radius 1 is 1.22 bits per heavy atom. The summed E-state index contributed by atoms with van der Waals surface area (Å²) in [5, 5.41) is 0.793. The highest BCUT2D eigenvalue weighted by Gasteiger charge is 2.05. The molecule has 0 aromatic heterocycles. The van der Waals surface area contributed by atoms with Crippen molar-refractivity contribution in [2.75, 3.05) is 7.11 Å². The maximum absolute atomic E-state index is 6.13. The Morgan fingerprint density at radius 2 is 2.00 bits per heavy atom. The van der Waals surface area contributed by atoms with E-state index < -0.39 is 0 Å². The first kappa shape index (κ1) is 13.8. The number of ether oxygens (including phenoxy) is 1. The minimum atomic E-state index is 0.793. The van der Waals surface area contributed by atoms with Crippen LogP contribution in [0, 0.1) is 0 Å². The zero-order chi connectivity index (χ0) is 13.0. The van der Waals surface area contributed by atoms with Crippen molar-refractivity contribution in [1.29, 1.82) is 0 Å². The molecule has 0 atom stereocenters. The van der Waals surface area contributed by atoms with Crippen LogP contribution < -0.4 is 4.74 Å². The van der Waals surface area contributed by atoms with E-state index in [1.807, 2.05) is 42.5 Å².